The number of sulfonamides is 1. The van der Waals surface area contributed by atoms with Crippen molar-refractivity contribution in [3.05, 3.63) is 137 Å². The van der Waals surface area contributed by atoms with Gasteiger partial charge in [0.15, 0.2) is 0 Å². The Morgan fingerprint density at radius 2 is 1.56 bits per heavy atom. The normalized spacial score (nSPS) is 15.0. The second-order valence-corrected chi connectivity index (χ2v) is 22.3. The number of hydrogen-bond donors (Lipinski definition) is 5. The average molecular weight is 1040 g/mol. The number of piperidine rings is 1. The van der Waals surface area contributed by atoms with Crippen LogP contribution in [0.1, 0.15) is 48.2 Å². The average Bonchev–Trinajstić information content (AvgIpc) is 3.31. The smallest absolute Gasteiger partial charge is 0.388 e. The molecule has 0 bridgehead atoms. The van der Waals surface area contributed by atoms with Gasteiger partial charge in [0, 0.05) is 59.1 Å². The third-order valence-corrected chi connectivity index (χ3v) is 16.3. The first-order valence-electron chi connectivity index (χ1n) is 21.4. The number of anilines is 2. The lowest BCUT2D eigenvalue weighted by Crippen LogP contribution is -2.36. The number of nitrogens with one attached hydrogen (secondary N) is 2. The van der Waals surface area contributed by atoms with Gasteiger partial charge in [-0.2, -0.15) is 13.2 Å². The maximum absolute atomic E-state index is 14.2. The van der Waals surface area contributed by atoms with Crippen LogP contribution in [0.15, 0.2) is 136 Å². The Morgan fingerprint density at radius 1 is 0.912 bits per heavy atom. The standard InChI is InChI=1S/C46H51ClF3N4O10PS3/c1-2-53(28-29-64-65(57,58)59)25-24-36(31-66-38-8-4-3-5-9-38)51-42-21-20-39(30-43(42)67(60,61)46(48,49)50)68(62,63)52-45(56)34-14-18-37(19-15-34)54-26-22-33(23-27-54)44(55)41-11-7-6-10-40(41)32-12-16-35(47)17-13-32/h3-21,30,33,36,44,51,55H,2,22-29,31H2,1H3,(H,52,56)(H2,57,58,59)/t36-,44?/m1/s1. The highest BCUT2D eigenvalue weighted by molar-refractivity contribution is 7.99. The number of carbonyl (C=O) groups excluding carboxylic acids is 1. The highest BCUT2D eigenvalue weighted by atomic mass is 35.5. The molecule has 1 heterocycles. The van der Waals surface area contributed by atoms with Crippen LogP contribution in [0.2, 0.25) is 5.02 Å². The van der Waals surface area contributed by atoms with Crippen molar-refractivity contribution >= 4 is 68.3 Å². The maximum Gasteiger partial charge on any atom is 0.501 e. The van der Waals surface area contributed by atoms with Gasteiger partial charge in [0.05, 0.1) is 23.3 Å². The van der Waals surface area contributed by atoms with Crippen LogP contribution >= 0.6 is 31.2 Å². The van der Waals surface area contributed by atoms with Gasteiger partial charge in [-0.15, -0.1) is 11.8 Å². The number of rotatable bonds is 21. The fourth-order valence-electron chi connectivity index (χ4n) is 7.76. The Hall–Kier alpha value is -4.47. The molecule has 68 heavy (non-hydrogen) atoms. The minimum absolute atomic E-state index is 0.0409. The quantitative estimate of drug-likeness (QED) is 0.0345. The summed E-state index contributed by atoms with van der Waals surface area (Å²) in [7, 11) is -15.8. The minimum Gasteiger partial charge on any atom is -0.388 e. The van der Waals surface area contributed by atoms with Crippen molar-refractivity contribution in [2.75, 3.05) is 55.3 Å². The molecule has 1 amide bonds. The van der Waals surface area contributed by atoms with Gasteiger partial charge >= 0.3 is 13.3 Å². The Kier molecular flexibility index (Phi) is 17.9. The monoisotopic (exact) mass is 1040 g/mol. The molecule has 1 aliphatic heterocycles. The lowest BCUT2D eigenvalue weighted by Gasteiger charge is -2.36. The Balaban J connectivity index is 1.14. The second-order valence-electron chi connectivity index (χ2n) is 16.0. The van der Waals surface area contributed by atoms with Crippen molar-refractivity contribution in [2.45, 2.75) is 58.5 Å². The molecule has 1 fully saturated rings. The molecule has 0 saturated carbocycles. The van der Waals surface area contributed by atoms with Crippen LogP contribution in [0.25, 0.3) is 11.1 Å². The number of phosphoric ester groups is 1. The zero-order chi connectivity index (χ0) is 49.3. The third kappa shape index (κ3) is 14.1. The molecule has 1 aliphatic rings. The van der Waals surface area contributed by atoms with Gasteiger partial charge in [0.1, 0.15) is 4.90 Å². The van der Waals surface area contributed by atoms with E-state index < -0.39 is 66.7 Å². The van der Waals surface area contributed by atoms with Crippen molar-refractivity contribution in [3.8, 4) is 11.1 Å². The van der Waals surface area contributed by atoms with E-state index in [9.17, 15) is 44.5 Å². The lowest BCUT2D eigenvalue weighted by atomic mass is 9.84. The molecule has 22 heteroatoms. The van der Waals surface area contributed by atoms with E-state index in [0.29, 0.717) is 43.6 Å². The number of aliphatic hydroxyl groups is 1. The molecule has 366 valence electrons. The van der Waals surface area contributed by atoms with Gasteiger partial charge in [-0.1, -0.05) is 73.1 Å². The van der Waals surface area contributed by atoms with Gasteiger partial charge < -0.3 is 30.0 Å². The summed E-state index contributed by atoms with van der Waals surface area (Å²) in [5.41, 5.74) is -3.06. The van der Waals surface area contributed by atoms with Crippen LogP contribution in [0.4, 0.5) is 24.5 Å². The SMILES string of the molecule is CCN(CCOP(=O)(O)O)CC[C@H](CSc1ccccc1)Nc1ccc(S(=O)(=O)NC(=O)c2ccc(N3CCC(C(O)c4ccccc4-c4ccc(Cl)cc4)CC3)cc2)cc1S(=O)(=O)C(F)(F)F. The summed E-state index contributed by atoms with van der Waals surface area (Å²) in [6.07, 6.45) is 0.784. The predicted octanol–water partition coefficient (Wildman–Crippen LogP) is 8.76. The Morgan fingerprint density at radius 3 is 2.19 bits per heavy atom. The molecule has 1 saturated heterocycles. The fraction of sp³-hybridized carbons (Fsp3) is 0.326. The van der Waals surface area contributed by atoms with Crippen LogP contribution < -0.4 is 14.9 Å². The van der Waals surface area contributed by atoms with Crippen molar-refractivity contribution in [2.24, 2.45) is 5.92 Å². The van der Waals surface area contributed by atoms with Gasteiger partial charge in [-0.25, -0.2) is 26.1 Å². The van der Waals surface area contributed by atoms with E-state index >= 15 is 0 Å². The van der Waals surface area contributed by atoms with Crippen LogP contribution in [-0.4, -0.2) is 99.2 Å². The number of carbonyl (C=O) groups is 1. The summed E-state index contributed by atoms with van der Waals surface area (Å²) in [5.74, 6) is -0.936. The number of amides is 1. The van der Waals surface area contributed by atoms with Gasteiger partial charge in [-0.3, -0.25) is 9.32 Å². The molecule has 0 aliphatic carbocycles. The molecule has 0 radical (unpaired) electrons. The van der Waals surface area contributed by atoms with E-state index in [-0.39, 0.29) is 43.4 Å². The highest BCUT2D eigenvalue weighted by Crippen LogP contribution is 2.39. The first-order valence-corrected chi connectivity index (χ1v) is 27.3. The number of aliphatic hydroxyl groups excluding tert-OH is 1. The molecule has 5 N–H and O–H groups in total. The third-order valence-electron chi connectivity index (χ3n) is 11.5. The Labute approximate surface area is 403 Å². The number of hydrogen-bond acceptors (Lipinski definition) is 12. The molecule has 0 spiro atoms. The van der Waals surface area contributed by atoms with E-state index in [0.717, 1.165) is 39.4 Å². The summed E-state index contributed by atoms with van der Waals surface area (Å²) in [6.45, 7) is 3.40. The molecular weight excluding hydrogens is 988 g/mol. The van der Waals surface area contributed by atoms with Crippen molar-refractivity contribution in [1.29, 1.82) is 0 Å². The summed E-state index contributed by atoms with van der Waals surface area (Å²) in [4.78, 5) is 33.8. The van der Waals surface area contributed by atoms with Crippen molar-refractivity contribution in [3.63, 3.8) is 0 Å². The number of likely N-dealkylation sites (N-methyl/N-ethyl adjacent to an activating group) is 1. The maximum atomic E-state index is 14.2. The molecule has 1 unspecified atom stereocenters. The van der Waals surface area contributed by atoms with Gasteiger partial charge in [0.25, 0.3) is 25.8 Å². The molecule has 14 nitrogen and oxygen atoms in total. The molecule has 5 aromatic carbocycles. The molecule has 0 aromatic heterocycles. The summed E-state index contributed by atoms with van der Waals surface area (Å²) in [6, 6.07) is 31.6. The lowest BCUT2D eigenvalue weighted by molar-refractivity contribution is -0.0436. The zero-order valence-electron chi connectivity index (χ0n) is 36.6. The van der Waals surface area contributed by atoms with Crippen LogP contribution in [0, 0.1) is 5.92 Å². The number of benzene rings is 5. The minimum atomic E-state index is -6.17. The van der Waals surface area contributed by atoms with Crippen molar-refractivity contribution < 1.29 is 58.8 Å². The molecule has 5 aromatic rings. The van der Waals surface area contributed by atoms with E-state index in [1.165, 1.54) is 23.9 Å². The number of phosphoric acid groups is 1. The van der Waals surface area contributed by atoms with E-state index in [2.05, 4.69) is 14.7 Å². The summed E-state index contributed by atoms with van der Waals surface area (Å²) in [5, 5.41) is 15.0. The van der Waals surface area contributed by atoms with E-state index in [1.54, 1.807) is 54.3 Å². The topological polar surface area (TPSA) is 203 Å². The number of alkyl halides is 3. The number of nitrogens with zero attached hydrogens (tertiary/aromatic N) is 2. The molecular formula is C46H51ClF3N4O10PS3. The molecule has 2 atom stereocenters. The van der Waals surface area contributed by atoms with Crippen LogP contribution in [0.3, 0.4) is 0 Å². The summed E-state index contributed by atoms with van der Waals surface area (Å²) < 4.78 is 114. The van der Waals surface area contributed by atoms with Gasteiger partial charge in [0.2, 0.25) is 0 Å². The highest BCUT2D eigenvalue weighted by Gasteiger charge is 2.48. The zero-order valence-corrected chi connectivity index (χ0v) is 40.7. The Bertz CT molecular complexity index is 2770. The number of halogens is 4. The first-order chi connectivity index (χ1) is 32.1. The van der Waals surface area contributed by atoms with Crippen LogP contribution in [-0.2, 0) is 28.9 Å². The van der Waals surface area contributed by atoms with E-state index in [4.69, 9.17) is 21.4 Å². The fourth-order valence-corrected chi connectivity index (χ4v) is 11.2. The number of sulfone groups is 1. The van der Waals surface area contributed by atoms with Gasteiger partial charge in [-0.05, 0) is 115 Å². The predicted molar refractivity (Wildman–Crippen MR) is 257 cm³/mol. The van der Waals surface area contributed by atoms with E-state index in [1.807, 2.05) is 53.3 Å². The summed E-state index contributed by atoms with van der Waals surface area (Å²) >= 11 is 7.42. The molecule has 6 rings (SSSR count). The van der Waals surface area contributed by atoms with Crippen molar-refractivity contribution in [1.82, 2.24) is 9.62 Å². The second kappa shape index (κ2) is 23.0. The first kappa shape index (κ1) is 52.9. The van der Waals surface area contributed by atoms with Crippen LogP contribution in [0.5, 0.6) is 0 Å². The largest absolute Gasteiger partial charge is 0.501 e. The number of thioether (sulfide) groups is 1.